The predicted molar refractivity (Wildman–Crippen MR) is 96.6 cm³/mol. The standard InChI is InChI=1S/C20H19FN4O2/c1-14-5-2-6-15(11-14)18(26)25-10-4-8-20(21,13-25)19-23-17(24-27-19)16-7-3-9-22-12-16/h2-3,5-7,9,11-12H,4,8,10,13H2,1H3. The van der Waals surface area contributed by atoms with Crippen molar-refractivity contribution in [2.24, 2.45) is 0 Å². The molecule has 3 aromatic rings. The highest BCUT2D eigenvalue weighted by Gasteiger charge is 2.44. The normalized spacial score (nSPS) is 19.9. The number of rotatable bonds is 3. The number of piperidine rings is 1. The maximum Gasteiger partial charge on any atom is 0.266 e. The lowest BCUT2D eigenvalue weighted by Crippen LogP contribution is -2.46. The molecule has 27 heavy (non-hydrogen) atoms. The Morgan fingerprint density at radius 3 is 2.96 bits per heavy atom. The fraction of sp³-hybridized carbons (Fsp3) is 0.300. The first-order chi connectivity index (χ1) is 13.0. The minimum atomic E-state index is -1.86. The third kappa shape index (κ3) is 3.45. The number of alkyl halides is 1. The number of nitrogens with zero attached hydrogens (tertiary/aromatic N) is 4. The number of likely N-dealkylation sites (tertiary alicyclic amines) is 1. The summed E-state index contributed by atoms with van der Waals surface area (Å²) in [6, 6.07) is 10.8. The van der Waals surface area contributed by atoms with Crippen molar-refractivity contribution in [1.82, 2.24) is 20.0 Å². The number of pyridine rings is 1. The Balaban J connectivity index is 1.57. The molecular formula is C20H19FN4O2. The van der Waals surface area contributed by atoms with Crippen LogP contribution in [0.15, 0.2) is 53.3 Å². The zero-order valence-corrected chi connectivity index (χ0v) is 14.9. The molecule has 1 unspecified atom stereocenters. The Morgan fingerprint density at radius 2 is 2.19 bits per heavy atom. The Kier molecular flexibility index (Phi) is 4.43. The summed E-state index contributed by atoms with van der Waals surface area (Å²) in [5, 5.41) is 3.88. The van der Waals surface area contributed by atoms with Crippen molar-refractivity contribution >= 4 is 5.91 Å². The lowest BCUT2D eigenvalue weighted by atomic mass is 9.94. The largest absolute Gasteiger partial charge is 0.335 e. The minimum absolute atomic E-state index is 0.0944. The summed E-state index contributed by atoms with van der Waals surface area (Å²) in [5.41, 5.74) is 0.341. The lowest BCUT2D eigenvalue weighted by molar-refractivity contribution is 0.0152. The maximum absolute atomic E-state index is 15.6. The van der Waals surface area contributed by atoms with Crippen molar-refractivity contribution in [1.29, 1.82) is 0 Å². The molecule has 0 saturated carbocycles. The number of aromatic nitrogens is 3. The molecule has 1 saturated heterocycles. The quantitative estimate of drug-likeness (QED) is 0.709. The Hall–Kier alpha value is -3.09. The van der Waals surface area contributed by atoms with Gasteiger partial charge in [0.2, 0.25) is 11.5 Å². The highest BCUT2D eigenvalue weighted by Crippen LogP contribution is 2.36. The fourth-order valence-corrected chi connectivity index (χ4v) is 3.34. The fourth-order valence-electron chi connectivity index (χ4n) is 3.34. The second-order valence-corrected chi connectivity index (χ2v) is 6.83. The molecule has 1 aromatic carbocycles. The van der Waals surface area contributed by atoms with E-state index < -0.39 is 5.67 Å². The van der Waals surface area contributed by atoms with E-state index in [1.807, 2.05) is 25.1 Å². The molecule has 6 nitrogen and oxygen atoms in total. The first-order valence-electron chi connectivity index (χ1n) is 8.85. The van der Waals surface area contributed by atoms with Crippen molar-refractivity contribution in [3.05, 3.63) is 65.8 Å². The van der Waals surface area contributed by atoms with Crippen LogP contribution in [0.1, 0.15) is 34.7 Å². The Morgan fingerprint density at radius 1 is 1.30 bits per heavy atom. The van der Waals surface area contributed by atoms with Gasteiger partial charge in [-0.3, -0.25) is 9.78 Å². The molecule has 1 aliphatic rings. The van der Waals surface area contributed by atoms with E-state index in [9.17, 15) is 4.79 Å². The van der Waals surface area contributed by atoms with Crippen molar-refractivity contribution in [2.75, 3.05) is 13.1 Å². The van der Waals surface area contributed by atoms with Gasteiger partial charge in [-0.05, 0) is 44.0 Å². The van der Waals surface area contributed by atoms with Gasteiger partial charge >= 0.3 is 0 Å². The summed E-state index contributed by atoms with van der Waals surface area (Å²) >= 11 is 0. The van der Waals surface area contributed by atoms with E-state index >= 15 is 4.39 Å². The third-order valence-corrected chi connectivity index (χ3v) is 4.72. The summed E-state index contributed by atoms with van der Waals surface area (Å²) in [4.78, 5) is 22.5. The zero-order valence-electron chi connectivity index (χ0n) is 14.9. The Bertz CT molecular complexity index is 959. The van der Waals surface area contributed by atoms with Gasteiger partial charge in [-0.2, -0.15) is 4.98 Å². The van der Waals surface area contributed by atoms with E-state index in [2.05, 4.69) is 15.1 Å². The number of aryl methyl sites for hydroxylation is 1. The molecule has 1 fully saturated rings. The van der Waals surface area contributed by atoms with Crippen LogP contribution >= 0.6 is 0 Å². The van der Waals surface area contributed by atoms with Crippen LogP contribution in [-0.2, 0) is 5.67 Å². The van der Waals surface area contributed by atoms with E-state index in [1.54, 1.807) is 30.6 Å². The first kappa shape index (κ1) is 17.3. The topological polar surface area (TPSA) is 72.1 Å². The molecule has 0 spiro atoms. The average molecular weight is 366 g/mol. The van der Waals surface area contributed by atoms with E-state index in [-0.39, 0.29) is 30.6 Å². The van der Waals surface area contributed by atoms with Crippen molar-refractivity contribution in [2.45, 2.75) is 25.4 Å². The third-order valence-electron chi connectivity index (χ3n) is 4.72. The summed E-state index contributed by atoms with van der Waals surface area (Å²) in [7, 11) is 0. The monoisotopic (exact) mass is 366 g/mol. The van der Waals surface area contributed by atoms with Crippen LogP contribution in [0.5, 0.6) is 0 Å². The van der Waals surface area contributed by atoms with Gasteiger partial charge in [-0.1, -0.05) is 22.9 Å². The van der Waals surface area contributed by atoms with E-state index in [1.165, 1.54) is 4.90 Å². The number of carbonyl (C=O) groups excluding carboxylic acids is 1. The molecule has 0 N–H and O–H groups in total. The molecule has 0 bridgehead atoms. The van der Waals surface area contributed by atoms with E-state index in [0.29, 0.717) is 24.1 Å². The Labute approximate surface area is 156 Å². The number of halogens is 1. The van der Waals surface area contributed by atoms with Gasteiger partial charge in [0.05, 0.1) is 6.54 Å². The highest BCUT2D eigenvalue weighted by molar-refractivity contribution is 5.94. The molecule has 4 rings (SSSR count). The minimum Gasteiger partial charge on any atom is -0.335 e. The molecule has 1 atom stereocenters. The molecular weight excluding hydrogens is 347 g/mol. The van der Waals surface area contributed by atoms with Crippen LogP contribution in [0.25, 0.3) is 11.4 Å². The summed E-state index contributed by atoms with van der Waals surface area (Å²) < 4.78 is 20.8. The van der Waals surface area contributed by atoms with Crippen molar-refractivity contribution in [3.63, 3.8) is 0 Å². The SMILES string of the molecule is Cc1cccc(C(=O)N2CCCC(F)(c3nc(-c4cccnc4)no3)C2)c1. The van der Waals surface area contributed by atoms with E-state index in [0.717, 1.165) is 5.56 Å². The van der Waals surface area contributed by atoms with Crippen LogP contribution in [-0.4, -0.2) is 39.0 Å². The number of carbonyl (C=O) groups is 1. The number of amides is 1. The van der Waals surface area contributed by atoms with Crippen LogP contribution in [0.3, 0.4) is 0 Å². The zero-order chi connectivity index (χ0) is 18.9. The van der Waals surface area contributed by atoms with Crippen LogP contribution in [0.4, 0.5) is 4.39 Å². The van der Waals surface area contributed by atoms with Gasteiger partial charge < -0.3 is 9.42 Å². The molecule has 1 amide bonds. The van der Waals surface area contributed by atoms with Gasteiger partial charge in [-0.15, -0.1) is 0 Å². The van der Waals surface area contributed by atoms with Crippen LogP contribution in [0, 0.1) is 6.92 Å². The number of hydrogen-bond donors (Lipinski definition) is 0. The molecule has 0 radical (unpaired) electrons. The van der Waals surface area contributed by atoms with Gasteiger partial charge in [0.1, 0.15) is 0 Å². The molecule has 3 heterocycles. The molecule has 0 aliphatic carbocycles. The van der Waals surface area contributed by atoms with Crippen LogP contribution in [0.2, 0.25) is 0 Å². The van der Waals surface area contributed by atoms with E-state index in [4.69, 9.17) is 4.52 Å². The highest BCUT2D eigenvalue weighted by atomic mass is 19.1. The van der Waals surface area contributed by atoms with Gasteiger partial charge in [0.15, 0.2) is 0 Å². The first-order valence-corrected chi connectivity index (χ1v) is 8.85. The maximum atomic E-state index is 15.6. The van der Waals surface area contributed by atoms with Gasteiger partial charge in [0.25, 0.3) is 11.8 Å². The molecule has 7 heteroatoms. The van der Waals surface area contributed by atoms with Gasteiger partial charge in [-0.25, -0.2) is 4.39 Å². The molecule has 1 aliphatic heterocycles. The van der Waals surface area contributed by atoms with Crippen LogP contribution < -0.4 is 0 Å². The number of hydrogen-bond acceptors (Lipinski definition) is 5. The summed E-state index contributed by atoms with van der Waals surface area (Å²) in [6.45, 7) is 2.32. The lowest BCUT2D eigenvalue weighted by Gasteiger charge is -2.35. The second-order valence-electron chi connectivity index (χ2n) is 6.83. The van der Waals surface area contributed by atoms with Gasteiger partial charge in [0, 0.05) is 30.1 Å². The number of benzene rings is 1. The second kappa shape index (κ2) is 6.90. The van der Waals surface area contributed by atoms with Crippen molar-refractivity contribution < 1.29 is 13.7 Å². The molecule has 138 valence electrons. The summed E-state index contributed by atoms with van der Waals surface area (Å²) in [5.74, 6) is 0.00720. The summed E-state index contributed by atoms with van der Waals surface area (Å²) in [6.07, 6.45) is 3.99. The van der Waals surface area contributed by atoms with Crippen molar-refractivity contribution in [3.8, 4) is 11.4 Å². The average Bonchev–Trinajstić information content (AvgIpc) is 3.19. The predicted octanol–water partition coefficient (Wildman–Crippen LogP) is 3.54. The molecule has 2 aromatic heterocycles. The smallest absolute Gasteiger partial charge is 0.266 e.